The van der Waals surface area contributed by atoms with Crippen molar-refractivity contribution in [2.75, 3.05) is 26.7 Å². The van der Waals surface area contributed by atoms with Crippen LogP contribution in [0.4, 0.5) is 0 Å². The molecule has 0 saturated carbocycles. The molecule has 0 aromatic heterocycles. The molecule has 2 aromatic carbocycles. The molecule has 0 radical (unpaired) electrons. The summed E-state index contributed by atoms with van der Waals surface area (Å²) >= 11 is 0. The van der Waals surface area contributed by atoms with Crippen molar-refractivity contribution in [2.24, 2.45) is 5.14 Å². The van der Waals surface area contributed by atoms with E-state index >= 15 is 0 Å². The third kappa shape index (κ3) is 6.40. The van der Waals surface area contributed by atoms with Gasteiger partial charge in [0.2, 0.25) is 10.0 Å². The summed E-state index contributed by atoms with van der Waals surface area (Å²) in [5, 5.41) is 6.88. The van der Waals surface area contributed by atoms with Crippen LogP contribution in [-0.2, 0) is 16.4 Å². The Labute approximate surface area is 192 Å². The number of rotatable bonds is 11. The van der Waals surface area contributed by atoms with Crippen LogP contribution < -0.4 is 24.7 Å². The minimum atomic E-state index is -5.24. The molecule has 1 atom stereocenters. The van der Waals surface area contributed by atoms with Gasteiger partial charge in [-0.05, 0) is 49.9 Å². The van der Waals surface area contributed by atoms with Crippen molar-refractivity contribution in [1.29, 1.82) is 0 Å². The Hall–Kier alpha value is -2.29. The van der Waals surface area contributed by atoms with Gasteiger partial charge in [0.15, 0.2) is 11.5 Å². The van der Waals surface area contributed by atoms with Crippen molar-refractivity contribution in [2.45, 2.75) is 31.1 Å². The lowest BCUT2D eigenvalue weighted by Crippen LogP contribution is -2.32. The zero-order chi connectivity index (χ0) is 36.2. The fourth-order valence-electron chi connectivity index (χ4n) is 1.72. The lowest BCUT2D eigenvalue weighted by Gasteiger charge is -2.16. The Morgan fingerprint density at radius 3 is 2.64 bits per heavy atom. The van der Waals surface area contributed by atoms with Gasteiger partial charge in [-0.3, -0.25) is 0 Å². The first-order valence-electron chi connectivity index (χ1n) is 16.5. The topological polar surface area (TPSA) is 99.9 Å². The van der Waals surface area contributed by atoms with Crippen LogP contribution in [0.1, 0.15) is 44.0 Å². The van der Waals surface area contributed by atoms with Crippen LogP contribution in [-0.4, -0.2) is 41.2 Å². The molecule has 2 aromatic rings. The Balaban J connectivity index is 2.77. The van der Waals surface area contributed by atoms with Gasteiger partial charge in [0.1, 0.15) is 17.2 Å². The summed E-state index contributed by atoms with van der Waals surface area (Å²) in [7, 11) is -8.70. The molecule has 0 fully saturated rings. The van der Waals surface area contributed by atoms with E-state index in [0.717, 1.165) is 0 Å². The minimum absolute atomic E-state index is 0.158. The van der Waals surface area contributed by atoms with Crippen molar-refractivity contribution in [3.8, 4) is 17.2 Å². The molecule has 0 unspecified atom stereocenters. The van der Waals surface area contributed by atoms with Gasteiger partial charge in [0, 0.05) is 20.8 Å². The number of nitrogens with two attached hydrogens (primary N) is 1. The molecule has 3 N–H and O–H groups in total. The quantitative estimate of drug-likeness (QED) is 0.572. The van der Waals surface area contributed by atoms with E-state index in [1.165, 1.54) is 6.92 Å². The summed E-state index contributed by atoms with van der Waals surface area (Å²) in [6.45, 7) is -7.18. The predicted molar refractivity (Wildman–Crippen MR) is 109 cm³/mol. The van der Waals surface area contributed by atoms with Gasteiger partial charge in [-0.2, -0.15) is 0 Å². The van der Waals surface area contributed by atoms with Crippen molar-refractivity contribution >= 4 is 10.0 Å². The van der Waals surface area contributed by atoms with E-state index in [1.54, 1.807) is 5.32 Å². The zero-order valence-electron chi connectivity index (χ0n) is 32.4. The number of ether oxygens (including phenoxy) is 3. The molecule has 28 heavy (non-hydrogen) atoms. The summed E-state index contributed by atoms with van der Waals surface area (Å²) in [5.74, 6) is -2.90. The number of para-hydroxylation sites is 2. The lowest BCUT2D eigenvalue weighted by molar-refractivity contribution is 0.272. The molecule has 0 spiro atoms. The molecule has 8 heteroatoms. The van der Waals surface area contributed by atoms with E-state index in [1.807, 2.05) is 0 Å². The number of hydrogen-bond donors (Lipinski definition) is 2. The van der Waals surface area contributed by atoms with Crippen LogP contribution in [0.15, 0.2) is 47.2 Å². The highest BCUT2D eigenvalue weighted by Gasteiger charge is 2.16. The van der Waals surface area contributed by atoms with Gasteiger partial charge in [-0.25, -0.2) is 13.6 Å². The molecule has 154 valence electrons. The Morgan fingerprint density at radius 1 is 1.25 bits per heavy atom. The first-order valence-corrected chi connectivity index (χ1v) is 9.04. The van der Waals surface area contributed by atoms with Crippen molar-refractivity contribution in [3.63, 3.8) is 0 Å². The molecule has 2 rings (SSSR count). The summed E-state index contributed by atoms with van der Waals surface area (Å²) in [5.41, 5.74) is -1.53. The van der Waals surface area contributed by atoms with Crippen LogP contribution in [0.25, 0.3) is 0 Å². The third-order valence-electron chi connectivity index (χ3n) is 2.80. The largest absolute Gasteiger partial charge is 0.495 e. The predicted octanol–water partition coefficient (Wildman–Crippen LogP) is 2.34. The standard InChI is InChI=1S/C20H28N2O5S/c1-4-26-17-7-5-6-8-18(17)27-12-11-22-15(2)13-16-9-10-19(25-3)20(14-16)28(21,23)24/h5-10,14-15,22H,4,11-13H2,1-3H3,(H2,21,23,24)/t15-/m1/s1/i2D3,3D3,5D,6D,7D,8D,9D,10D,12D2,13D2,14D,15D. The van der Waals surface area contributed by atoms with Crippen molar-refractivity contribution < 1.29 is 47.3 Å². The van der Waals surface area contributed by atoms with E-state index in [0.29, 0.717) is 0 Å². The fraction of sp³-hybridized carbons (Fsp3) is 0.400. The number of benzene rings is 2. The van der Waals surface area contributed by atoms with Crippen LogP contribution in [0, 0.1) is 0 Å². The second-order valence-corrected chi connectivity index (χ2v) is 6.24. The van der Waals surface area contributed by atoms with Gasteiger partial charge < -0.3 is 19.5 Å². The normalized spacial score (nSPS) is 24.8. The highest BCUT2D eigenvalue weighted by molar-refractivity contribution is 7.89. The van der Waals surface area contributed by atoms with Gasteiger partial charge in [-0.1, -0.05) is 18.1 Å². The maximum atomic E-state index is 12.4. The van der Waals surface area contributed by atoms with E-state index in [-0.39, 0.29) is 6.61 Å². The van der Waals surface area contributed by atoms with Gasteiger partial charge in [0.25, 0.3) is 0 Å². The molecular weight excluding hydrogens is 380 g/mol. The number of nitrogens with one attached hydrogen (secondary N) is 1. The van der Waals surface area contributed by atoms with Crippen molar-refractivity contribution in [1.82, 2.24) is 5.32 Å². The Bertz CT molecular complexity index is 1610. The molecule has 0 aliphatic rings. The van der Waals surface area contributed by atoms with Crippen LogP contribution >= 0.6 is 0 Å². The summed E-state index contributed by atoms with van der Waals surface area (Å²) in [6, 6.07) is -11.5. The van der Waals surface area contributed by atoms with Gasteiger partial charge in [0.05, 0.1) is 30.1 Å². The van der Waals surface area contributed by atoms with Crippen LogP contribution in [0.2, 0.25) is 0 Å². The zero-order valence-corrected chi connectivity index (χ0v) is 15.3. The molecule has 0 amide bonds. The molecule has 0 saturated heterocycles. The maximum absolute atomic E-state index is 12.4. The van der Waals surface area contributed by atoms with Crippen LogP contribution in [0.3, 0.4) is 0 Å². The van der Waals surface area contributed by atoms with E-state index in [2.05, 4.69) is 4.74 Å². The smallest absolute Gasteiger partial charge is 0.241 e. The molecule has 0 aliphatic carbocycles. The minimum Gasteiger partial charge on any atom is -0.495 e. The van der Waals surface area contributed by atoms with Gasteiger partial charge in [-0.15, -0.1) is 0 Å². The van der Waals surface area contributed by atoms with E-state index < -0.39 is 119 Å². The fourth-order valence-corrected chi connectivity index (χ4v) is 2.32. The SMILES string of the molecule is [2H]c1c([2H])c([2H])c(OC([2H])([2H])CN[C@]([2H])(C([2H])([2H])[2H])C([2H])([2H])c2c([2H])c([2H])c(OC([2H])([2H])[2H])c(S(N)(=O)=O)c2[2H])c(OCC)c1[2H]. The van der Waals surface area contributed by atoms with E-state index in [4.69, 9.17) is 39.3 Å². The van der Waals surface area contributed by atoms with Crippen molar-refractivity contribution in [3.05, 3.63) is 47.9 Å². The number of methoxy groups -OCH3 is 1. The average Bonchev–Trinajstić information content (AvgIpc) is 2.87. The molecule has 0 heterocycles. The Morgan fingerprint density at radius 2 is 2.00 bits per heavy atom. The summed E-state index contributed by atoms with van der Waals surface area (Å²) < 4.78 is 184. The summed E-state index contributed by atoms with van der Waals surface area (Å²) in [4.78, 5) is -1.60. The number of hydrogen-bond acceptors (Lipinski definition) is 6. The highest BCUT2D eigenvalue weighted by atomic mass is 32.2. The first-order chi connectivity index (χ1) is 20.5. The second kappa shape index (κ2) is 10.3. The molecular formula is C20H28N2O5S. The number of sulfonamides is 1. The molecule has 0 aliphatic heterocycles. The maximum Gasteiger partial charge on any atom is 0.241 e. The van der Waals surface area contributed by atoms with Crippen LogP contribution in [0.5, 0.6) is 17.2 Å². The second-order valence-electron chi connectivity index (χ2n) is 4.75. The lowest BCUT2D eigenvalue weighted by atomic mass is 10.1. The first kappa shape index (κ1) is 7.85. The highest BCUT2D eigenvalue weighted by Crippen LogP contribution is 2.26. The molecule has 7 nitrogen and oxygen atoms in total. The average molecular weight is 427 g/mol. The summed E-state index contributed by atoms with van der Waals surface area (Å²) in [6.07, 6.45) is -3.90. The third-order valence-corrected chi connectivity index (χ3v) is 3.66. The monoisotopic (exact) mass is 426 g/mol. The number of primary sulfonamides is 1. The Kier molecular flexibility index (Phi) is 2.89. The molecule has 0 bridgehead atoms. The van der Waals surface area contributed by atoms with E-state index in [9.17, 15) is 8.42 Å². The van der Waals surface area contributed by atoms with Gasteiger partial charge >= 0.3 is 0 Å².